The van der Waals surface area contributed by atoms with Gasteiger partial charge in [-0.15, -0.1) is 0 Å². The topological polar surface area (TPSA) is 41.6 Å². The van der Waals surface area contributed by atoms with Gasteiger partial charge in [0.15, 0.2) is 0 Å². The molecule has 0 aliphatic carbocycles. The van der Waals surface area contributed by atoms with E-state index >= 15 is 0 Å². The van der Waals surface area contributed by atoms with E-state index in [4.69, 9.17) is 4.74 Å². The summed E-state index contributed by atoms with van der Waals surface area (Å²) in [6, 6.07) is 8.03. The van der Waals surface area contributed by atoms with Crippen molar-refractivity contribution in [1.82, 2.24) is 0 Å². The number of nitrogens with one attached hydrogen (secondary N) is 1. The number of ether oxygens (including phenoxy) is 1. The van der Waals surface area contributed by atoms with E-state index < -0.39 is 0 Å². The van der Waals surface area contributed by atoms with Crippen molar-refractivity contribution in [3.63, 3.8) is 0 Å². The number of hydrogen-bond acceptors (Lipinski definition) is 3. The van der Waals surface area contributed by atoms with Gasteiger partial charge in [0, 0.05) is 37.7 Å². The van der Waals surface area contributed by atoms with Crippen LogP contribution in [0.3, 0.4) is 0 Å². The van der Waals surface area contributed by atoms with Crippen LogP contribution in [0.4, 0.5) is 11.4 Å². The fourth-order valence-corrected chi connectivity index (χ4v) is 2.55. The van der Waals surface area contributed by atoms with Gasteiger partial charge in [0.2, 0.25) is 5.91 Å². The first-order valence-electron chi connectivity index (χ1n) is 7.42. The summed E-state index contributed by atoms with van der Waals surface area (Å²) in [4.78, 5) is 14.0. The molecule has 1 aliphatic heterocycles. The SMILES string of the molecule is COC1CCN(c2ccc(NC(=O)C=C(C)C)cc2)CC1. The first kappa shape index (κ1) is 15.6. The molecule has 1 amide bonds. The summed E-state index contributed by atoms with van der Waals surface area (Å²) in [5.74, 6) is -0.0799. The zero-order valence-electron chi connectivity index (χ0n) is 13.1. The smallest absolute Gasteiger partial charge is 0.248 e. The van der Waals surface area contributed by atoms with Crippen molar-refractivity contribution in [2.75, 3.05) is 30.4 Å². The third-order valence-electron chi connectivity index (χ3n) is 3.70. The molecule has 1 fully saturated rings. The molecule has 0 bridgehead atoms. The molecule has 0 aromatic heterocycles. The lowest BCUT2D eigenvalue weighted by atomic mass is 10.1. The van der Waals surface area contributed by atoms with Crippen molar-refractivity contribution in [2.45, 2.75) is 32.8 Å². The highest BCUT2D eigenvalue weighted by Gasteiger charge is 2.18. The molecule has 21 heavy (non-hydrogen) atoms. The largest absolute Gasteiger partial charge is 0.381 e. The summed E-state index contributed by atoms with van der Waals surface area (Å²) in [7, 11) is 1.78. The molecule has 1 aliphatic rings. The Bertz CT molecular complexity index is 496. The summed E-state index contributed by atoms with van der Waals surface area (Å²) in [5, 5.41) is 2.87. The van der Waals surface area contributed by atoms with Gasteiger partial charge in [-0.2, -0.15) is 0 Å². The lowest BCUT2D eigenvalue weighted by Gasteiger charge is -2.33. The normalized spacial score (nSPS) is 15.7. The van der Waals surface area contributed by atoms with E-state index in [0.717, 1.165) is 37.2 Å². The highest BCUT2D eigenvalue weighted by Crippen LogP contribution is 2.22. The average molecular weight is 288 g/mol. The Morgan fingerprint density at radius 2 is 1.86 bits per heavy atom. The van der Waals surface area contributed by atoms with Gasteiger partial charge in [-0.3, -0.25) is 4.79 Å². The van der Waals surface area contributed by atoms with Gasteiger partial charge in [-0.25, -0.2) is 0 Å². The Balaban J connectivity index is 1.93. The Kier molecular flexibility index (Phi) is 5.39. The van der Waals surface area contributed by atoms with Crippen molar-refractivity contribution in [3.8, 4) is 0 Å². The van der Waals surface area contributed by atoms with Crippen molar-refractivity contribution in [3.05, 3.63) is 35.9 Å². The highest BCUT2D eigenvalue weighted by atomic mass is 16.5. The van der Waals surface area contributed by atoms with Crippen molar-refractivity contribution in [1.29, 1.82) is 0 Å². The number of amides is 1. The van der Waals surface area contributed by atoms with Crippen molar-refractivity contribution >= 4 is 17.3 Å². The van der Waals surface area contributed by atoms with Crippen LogP contribution in [-0.4, -0.2) is 32.2 Å². The van der Waals surface area contributed by atoms with Crippen LogP contribution in [0.2, 0.25) is 0 Å². The lowest BCUT2D eigenvalue weighted by Crippen LogP contribution is -2.36. The number of allylic oxidation sites excluding steroid dienone is 1. The number of nitrogens with zero attached hydrogens (tertiary/aromatic N) is 1. The summed E-state index contributed by atoms with van der Waals surface area (Å²) >= 11 is 0. The van der Waals surface area contributed by atoms with Crippen LogP contribution in [0.5, 0.6) is 0 Å². The van der Waals surface area contributed by atoms with Gasteiger partial charge in [-0.1, -0.05) is 5.57 Å². The van der Waals surface area contributed by atoms with E-state index in [0.29, 0.717) is 6.10 Å². The maximum atomic E-state index is 11.7. The molecule has 1 aromatic rings. The van der Waals surface area contributed by atoms with Crippen LogP contribution >= 0.6 is 0 Å². The van der Waals surface area contributed by atoms with E-state index in [-0.39, 0.29) is 5.91 Å². The van der Waals surface area contributed by atoms with Crippen molar-refractivity contribution in [2.24, 2.45) is 0 Å². The van der Waals surface area contributed by atoms with Crippen LogP contribution in [0.15, 0.2) is 35.9 Å². The maximum Gasteiger partial charge on any atom is 0.248 e. The second kappa shape index (κ2) is 7.27. The van der Waals surface area contributed by atoms with E-state index in [1.807, 2.05) is 26.0 Å². The molecule has 1 N–H and O–H groups in total. The maximum absolute atomic E-state index is 11.7. The van der Waals surface area contributed by atoms with Gasteiger partial charge in [-0.05, 0) is 51.0 Å². The molecule has 114 valence electrons. The highest BCUT2D eigenvalue weighted by molar-refractivity contribution is 5.99. The quantitative estimate of drug-likeness (QED) is 0.865. The van der Waals surface area contributed by atoms with Crippen LogP contribution < -0.4 is 10.2 Å². The number of methoxy groups -OCH3 is 1. The van der Waals surface area contributed by atoms with Gasteiger partial charge in [0.05, 0.1) is 6.10 Å². The number of benzene rings is 1. The molecular weight excluding hydrogens is 264 g/mol. The third kappa shape index (κ3) is 4.60. The number of piperidine rings is 1. The molecule has 4 heteroatoms. The van der Waals surface area contributed by atoms with Gasteiger partial charge < -0.3 is 15.0 Å². The van der Waals surface area contributed by atoms with Gasteiger partial charge in [0.25, 0.3) is 0 Å². The molecule has 1 aromatic carbocycles. The minimum Gasteiger partial charge on any atom is -0.381 e. The predicted molar refractivity (Wildman–Crippen MR) is 86.7 cm³/mol. The Hall–Kier alpha value is -1.81. The van der Waals surface area contributed by atoms with Gasteiger partial charge in [0.1, 0.15) is 0 Å². The number of rotatable bonds is 4. The molecule has 1 heterocycles. The van der Waals surface area contributed by atoms with Crippen LogP contribution in [0, 0.1) is 0 Å². The first-order chi connectivity index (χ1) is 10.1. The number of anilines is 2. The minimum absolute atomic E-state index is 0.0799. The van der Waals surface area contributed by atoms with Crippen LogP contribution in [0.1, 0.15) is 26.7 Å². The molecular formula is C17H24N2O2. The Labute approximate surface area is 126 Å². The first-order valence-corrected chi connectivity index (χ1v) is 7.42. The van der Waals surface area contributed by atoms with E-state index in [9.17, 15) is 4.79 Å². The van der Waals surface area contributed by atoms with Crippen LogP contribution in [0.25, 0.3) is 0 Å². The van der Waals surface area contributed by atoms with Gasteiger partial charge >= 0.3 is 0 Å². The zero-order valence-corrected chi connectivity index (χ0v) is 13.1. The molecule has 0 unspecified atom stereocenters. The summed E-state index contributed by atoms with van der Waals surface area (Å²) in [6.45, 7) is 5.85. The summed E-state index contributed by atoms with van der Waals surface area (Å²) in [5.41, 5.74) is 3.02. The van der Waals surface area contributed by atoms with E-state index in [1.54, 1.807) is 13.2 Å². The third-order valence-corrected chi connectivity index (χ3v) is 3.70. The molecule has 4 nitrogen and oxygen atoms in total. The molecule has 0 atom stereocenters. The standard InChI is InChI=1S/C17H24N2O2/c1-13(2)12-17(20)18-14-4-6-15(7-5-14)19-10-8-16(21-3)9-11-19/h4-7,12,16H,8-11H2,1-3H3,(H,18,20). The van der Waals surface area contributed by atoms with E-state index in [1.165, 1.54) is 5.69 Å². The average Bonchev–Trinajstić information content (AvgIpc) is 2.47. The predicted octanol–water partition coefficient (Wildman–Crippen LogP) is 3.21. The fraction of sp³-hybridized carbons (Fsp3) is 0.471. The Morgan fingerprint density at radius 1 is 1.24 bits per heavy atom. The molecule has 0 spiro atoms. The number of carbonyl (C=O) groups is 1. The summed E-state index contributed by atoms with van der Waals surface area (Å²) < 4.78 is 5.39. The molecule has 0 saturated carbocycles. The second-order valence-electron chi connectivity index (χ2n) is 5.68. The monoisotopic (exact) mass is 288 g/mol. The Morgan fingerprint density at radius 3 is 2.38 bits per heavy atom. The van der Waals surface area contributed by atoms with E-state index in [2.05, 4.69) is 22.3 Å². The molecule has 2 rings (SSSR count). The molecule has 0 radical (unpaired) electrons. The minimum atomic E-state index is -0.0799. The zero-order chi connectivity index (χ0) is 15.2. The summed E-state index contributed by atoms with van der Waals surface area (Å²) in [6.07, 6.45) is 4.12. The lowest BCUT2D eigenvalue weighted by molar-refractivity contribution is -0.111. The van der Waals surface area contributed by atoms with Crippen molar-refractivity contribution < 1.29 is 9.53 Å². The van der Waals surface area contributed by atoms with Crippen LogP contribution in [-0.2, 0) is 9.53 Å². The second-order valence-corrected chi connectivity index (χ2v) is 5.68. The fourth-order valence-electron chi connectivity index (χ4n) is 2.55. The number of hydrogen-bond donors (Lipinski definition) is 1. The molecule has 1 saturated heterocycles. The number of carbonyl (C=O) groups excluding carboxylic acids is 1.